The number of nitrogens with zero attached hydrogens (tertiary/aromatic N) is 1. The zero-order valence-corrected chi connectivity index (χ0v) is 24.2. The van der Waals surface area contributed by atoms with Crippen molar-refractivity contribution in [1.82, 2.24) is 5.32 Å². The summed E-state index contributed by atoms with van der Waals surface area (Å²) in [6, 6.07) is 52.3. The van der Waals surface area contributed by atoms with Crippen molar-refractivity contribution in [2.75, 3.05) is 0 Å². The Balaban J connectivity index is 1.31. The first-order valence-electron chi connectivity index (χ1n) is 14.9. The first-order valence-corrected chi connectivity index (χ1v) is 14.9. The van der Waals surface area contributed by atoms with Gasteiger partial charge in [-0.05, 0) is 84.4 Å². The van der Waals surface area contributed by atoms with Crippen LogP contribution in [0.2, 0.25) is 0 Å². The van der Waals surface area contributed by atoms with E-state index in [1.165, 1.54) is 37.9 Å². The number of fused-ring (bicyclic) bond motifs is 4. The number of hydrogen-bond donors (Lipinski definition) is 2. The smallest absolute Gasteiger partial charge is 0.0991 e. The van der Waals surface area contributed by atoms with Crippen molar-refractivity contribution in [3.05, 3.63) is 174 Å². The molecule has 0 bridgehead atoms. The van der Waals surface area contributed by atoms with Crippen molar-refractivity contribution in [2.24, 2.45) is 5.73 Å². The Labute approximate surface area is 257 Å². The van der Waals surface area contributed by atoms with Crippen molar-refractivity contribution in [1.29, 1.82) is 5.26 Å². The van der Waals surface area contributed by atoms with E-state index < -0.39 is 0 Å². The summed E-state index contributed by atoms with van der Waals surface area (Å²) < 4.78 is 0. The summed E-state index contributed by atoms with van der Waals surface area (Å²) in [6.07, 6.45) is 2.12. The molecule has 3 heteroatoms. The molecular formula is C41H31N3. The van der Waals surface area contributed by atoms with Crippen LogP contribution in [-0.2, 0) is 6.54 Å². The Bertz CT molecular complexity index is 2170. The molecule has 0 spiro atoms. The van der Waals surface area contributed by atoms with Crippen LogP contribution < -0.4 is 11.1 Å². The Kier molecular flexibility index (Phi) is 7.34. The van der Waals surface area contributed by atoms with E-state index >= 15 is 0 Å². The van der Waals surface area contributed by atoms with Crippen LogP contribution in [0.25, 0.3) is 49.1 Å². The summed E-state index contributed by atoms with van der Waals surface area (Å²) in [7, 11) is 0. The fourth-order valence-electron chi connectivity index (χ4n) is 6.10. The van der Waals surface area contributed by atoms with Gasteiger partial charge in [-0.25, -0.2) is 0 Å². The van der Waals surface area contributed by atoms with Gasteiger partial charge in [0, 0.05) is 12.2 Å². The summed E-state index contributed by atoms with van der Waals surface area (Å²) in [5.41, 5.74) is 14.0. The van der Waals surface area contributed by atoms with Crippen LogP contribution in [0.15, 0.2) is 152 Å². The third-order valence-corrected chi connectivity index (χ3v) is 8.39. The zero-order valence-electron chi connectivity index (χ0n) is 24.2. The van der Waals surface area contributed by atoms with Gasteiger partial charge in [0.05, 0.1) is 17.7 Å². The van der Waals surface area contributed by atoms with Crippen LogP contribution in [0.4, 0.5) is 0 Å². The Morgan fingerprint density at radius 1 is 0.659 bits per heavy atom. The van der Waals surface area contributed by atoms with Crippen LogP contribution in [0.3, 0.4) is 0 Å². The normalized spacial score (nSPS) is 12.3. The monoisotopic (exact) mass is 565 g/mol. The first-order chi connectivity index (χ1) is 21.7. The van der Waals surface area contributed by atoms with Gasteiger partial charge in [0.25, 0.3) is 0 Å². The number of hydrogen-bond acceptors (Lipinski definition) is 3. The lowest BCUT2D eigenvalue weighted by atomic mass is 9.92. The van der Waals surface area contributed by atoms with Gasteiger partial charge < -0.3 is 11.1 Å². The average molecular weight is 566 g/mol. The molecule has 7 aromatic rings. The molecule has 0 aromatic heterocycles. The molecule has 0 aliphatic rings. The van der Waals surface area contributed by atoms with Crippen molar-refractivity contribution < 1.29 is 0 Å². The highest BCUT2D eigenvalue weighted by Gasteiger charge is 2.13. The van der Waals surface area contributed by atoms with Crippen LogP contribution in [0.1, 0.15) is 28.3 Å². The number of nitrogens with one attached hydrogen (secondary N) is 1. The molecule has 44 heavy (non-hydrogen) atoms. The molecule has 3 N–H and O–H groups in total. The molecule has 1 atom stereocenters. The van der Waals surface area contributed by atoms with E-state index in [1.807, 2.05) is 42.5 Å². The highest BCUT2D eigenvalue weighted by molar-refractivity contribution is 6.14. The molecule has 0 aliphatic heterocycles. The van der Waals surface area contributed by atoms with Crippen molar-refractivity contribution in [3.63, 3.8) is 0 Å². The lowest BCUT2D eigenvalue weighted by molar-refractivity contribution is 0.865. The molecule has 0 saturated carbocycles. The molecular weight excluding hydrogens is 534 g/mol. The standard InChI is InChI=1S/C41H31N3/c42-26-28-14-16-29(17-15-28)30-18-21-33(22-19-30)40(25-39(43)32-9-2-1-3-10-32)44-27-38-36-12-6-5-11-34(36)24-35-23-20-31-8-4-7-13-37(31)41(35)38/h1-25,39,44H,27,43H2/b40-25-. The molecule has 0 aliphatic carbocycles. The van der Waals surface area contributed by atoms with E-state index in [1.54, 1.807) is 0 Å². The zero-order chi connectivity index (χ0) is 29.9. The van der Waals surface area contributed by atoms with E-state index in [4.69, 9.17) is 5.73 Å². The third-order valence-electron chi connectivity index (χ3n) is 8.39. The third kappa shape index (κ3) is 5.31. The second-order valence-corrected chi connectivity index (χ2v) is 11.1. The van der Waals surface area contributed by atoms with E-state index in [2.05, 4.69) is 121 Å². The minimum Gasteiger partial charge on any atom is -0.381 e. The minimum atomic E-state index is -0.276. The summed E-state index contributed by atoms with van der Waals surface area (Å²) in [6.45, 7) is 0.635. The minimum absolute atomic E-state index is 0.276. The highest BCUT2D eigenvalue weighted by Crippen LogP contribution is 2.34. The van der Waals surface area contributed by atoms with Gasteiger partial charge in [0.15, 0.2) is 0 Å². The fraction of sp³-hybridized carbons (Fsp3) is 0.0488. The van der Waals surface area contributed by atoms with Crippen molar-refractivity contribution >= 4 is 38.0 Å². The highest BCUT2D eigenvalue weighted by atomic mass is 14.9. The summed E-state index contributed by atoms with van der Waals surface area (Å²) in [4.78, 5) is 0. The maximum atomic E-state index is 9.18. The van der Waals surface area contributed by atoms with E-state index in [9.17, 15) is 5.26 Å². The van der Waals surface area contributed by atoms with Gasteiger partial charge in [-0.1, -0.05) is 127 Å². The molecule has 210 valence electrons. The van der Waals surface area contributed by atoms with Gasteiger partial charge >= 0.3 is 0 Å². The van der Waals surface area contributed by atoms with Gasteiger partial charge in [-0.3, -0.25) is 0 Å². The van der Waals surface area contributed by atoms with Gasteiger partial charge in [-0.2, -0.15) is 5.26 Å². The Morgan fingerprint density at radius 3 is 2.00 bits per heavy atom. The Hall–Kier alpha value is -5.69. The number of nitrogens with two attached hydrogens (primary N) is 1. The van der Waals surface area contributed by atoms with Crippen molar-refractivity contribution in [2.45, 2.75) is 12.6 Å². The molecule has 0 fully saturated rings. The summed E-state index contributed by atoms with van der Waals surface area (Å²) in [5.74, 6) is 0. The van der Waals surface area contributed by atoms with Crippen LogP contribution >= 0.6 is 0 Å². The largest absolute Gasteiger partial charge is 0.381 e. The van der Waals surface area contributed by atoms with Gasteiger partial charge in [0.1, 0.15) is 0 Å². The fourth-order valence-corrected chi connectivity index (χ4v) is 6.10. The second kappa shape index (κ2) is 11.9. The van der Waals surface area contributed by atoms with E-state index in [-0.39, 0.29) is 6.04 Å². The maximum Gasteiger partial charge on any atom is 0.0991 e. The molecule has 0 radical (unpaired) electrons. The van der Waals surface area contributed by atoms with Crippen LogP contribution in [-0.4, -0.2) is 0 Å². The average Bonchev–Trinajstić information content (AvgIpc) is 3.09. The summed E-state index contributed by atoms with van der Waals surface area (Å²) >= 11 is 0. The van der Waals surface area contributed by atoms with Gasteiger partial charge in [0.2, 0.25) is 0 Å². The predicted octanol–water partition coefficient (Wildman–Crippen LogP) is 9.52. The van der Waals surface area contributed by atoms with Crippen molar-refractivity contribution in [3.8, 4) is 17.2 Å². The molecule has 0 saturated heterocycles. The molecule has 3 nitrogen and oxygen atoms in total. The quantitative estimate of drug-likeness (QED) is 0.149. The second-order valence-electron chi connectivity index (χ2n) is 11.1. The predicted molar refractivity (Wildman–Crippen MR) is 184 cm³/mol. The Morgan fingerprint density at radius 2 is 1.27 bits per heavy atom. The van der Waals surface area contributed by atoms with Gasteiger partial charge in [-0.15, -0.1) is 0 Å². The molecule has 0 amide bonds. The summed E-state index contributed by atoms with van der Waals surface area (Å²) in [5, 5.41) is 20.5. The number of nitriles is 1. The van der Waals surface area contributed by atoms with Crippen LogP contribution in [0.5, 0.6) is 0 Å². The topological polar surface area (TPSA) is 61.8 Å². The SMILES string of the molecule is N#Cc1ccc(-c2ccc(/C(=C/C(N)c3ccccc3)NCc3c4ccccc4cc4ccc5ccccc5c34)cc2)cc1. The van der Waals surface area contributed by atoms with E-state index in [0.717, 1.165) is 28.0 Å². The molecule has 7 aromatic carbocycles. The molecule has 1 unspecified atom stereocenters. The number of rotatable bonds is 7. The number of benzene rings is 7. The first kappa shape index (κ1) is 27.2. The lowest BCUT2D eigenvalue weighted by Crippen LogP contribution is -2.16. The van der Waals surface area contributed by atoms with E-state index in [0.29, 0.717) is 12.1 Å². The molecule has 7 rings (SSSR count). The lowest BCUT2D eigenvalue weighted by Gasteiger charge is -2.19. The maximum absolute atomic E-state index is 9.18. The molecule has 0 heterocycles. The van der Waals surface area contributed by atoms with Crippen LogP contribution in [0, 0.1) is 11.3 Å².